The number of hydrogen-bond acceptors (Lipinski definition) is 4. The number of anilines is 1. The molecule has 0 fully saturated rings. The second-order valence-corrected chi connectivity index (χ2v) is 1.27. The number of nitrogens with one attached hydrogen (secondary N) is 1. The monoisotopic (exact) mass is 110 g/mol. The fourth-order valence-corrected chi connectivity index (χ4v) is 0.374. The Balaban J connectivity index is 2.83. The van der Waals surface area contributed by atoms with Gasteiger partial charge in [-0.15, -0.1) is 0 Å². The molecule has 0 aliphatic rings. The minimum absolute atomic E-state index is 0.715. The van der Waals surface area contributed by atoms with E-state index < -0.39 is 0 Å². The summed E-state index contributed by atoms with van der Waals surface area (Å²) in [6.45, 7) is 0. The van der Waals surface area contributed by atoms with Gasteiger partial charge in [-0.25, -0.2) is 9.97 Å². The summed E-state index contributed by atoms with van der Waals surface area (Å²) in [4.78, 5) is 7.40. The summed E-state index contributed by atoms with van der Waals surface area (Å²) in [6.07, 6.45) is 4.63. The number of hydrazine groups is 1. The topological polar surface area (TPSA) is 63.8 Å². The van der Waals surface area contributed by atoms with Crippen LogP contribution in [0.15, 0.2) is 18.7 Å². The molecule has 0 atom stereocenters. The predicted octanol–water partition coefficient (Wildman–Crippen LogP) is -0.238. The zero-order valence-electron chi connectivity index (χ0n) is 4.20. The van der Waals surface area contributed by atoms with Gasteiger partial charge in [0.2, 0.25) is 0 Å². The van der Waals surface area contributed by atoms with Gasteiger partial charge >= 0.3 is 0 Å². The van der Waals surface area contributed by atoms with Crippen molar-refractivity contribution in [2.45, 2.75) is 0 Å². The van der Waals surface area contributed by atoms with Crippen LogP contribution in [0.1, 0.15) is 0 Å². The first-order valence-corrected chi connectivity index (χ1v) is 2.15. The lowest BCUT2D eigenvalue weighted by Gasteiger charge is -1.92. The quantitative estimate of drug-likeness (QED) is 0.387. The zero-order valence-corrected chi connectivity index (χ0v) is 4.20. The first kappa shape index (κ1) is 4.99. The maximum Gasteiger partial charge on any atom is 0.115 e. The molecule has 4 nitrogen and oxygen atoms in total. The Bertz CT molecular complexity index is 149. The molecule has 0 radical (unpaired) electrons. The Labute approximate surface area is 46.7 Å². The molecule has 0 aliphatic carbocycles. The highest BCUT2D eigenvalue weighted by Gasteiger charge is 1.80. The number of rotatable bonds is 1. The van der Waals surface area contributed by atoms with Crippen molar-refractivity contribution >= 4 is 5.69 Å². The van der Waals surface area contributed by atoms with Crippen LogP contribution in [-0.2, 0) is 0 Å². The van der Waals surface area contributed by atoms with E-state index in [1.165, 1.54) is 6.33 Å². The van der Waals surface area contributed by atoms with Crippen molar-refractivity contribution in [3.63, 3.8) is 0 Å². The number of nitrogen functional groups attached to an aromatic ring is 1. The normalized spacial score (nSPS) is 8.62. The maximum absolute atomic E-state index is 5.02. The molecule has 0 aromatic carbocycles. The minimum atomic E-state index is 0.715. The van der Waals surface area contributed by atoms with E-state index >= 15 is 0 Å². The molecule has 1 rings (SSSR count). The summed E-state index contributed by atoms with van der Waals surface area (Å²) >= 11 is 0. The van der Waals surface area contributed by atoms with Crippen molar-refractivity contribution in [1.82, 2.24) is 9.97 Å². The van der Waals surface area contributed by atoms with E-state index in [4.69, 9.17) is 5.84 Å². The number of aromatic nitrogens is 2. The van der Waals surface area contributed by atoms with Gasteiger partial charge in [0.25, 0.3) is 0 Å². The van der Waals surface area contributed by atoms with Gasteiger partial charge in [-0.05, 0) is 0 Å². The summed E-state index contributed by atoms with van der Waals surface area (Å²) in [5, 5.41) is 0. The van der Waals surface area contributed by atoms with E-state index in [1.807, 2.05) is 0 Å². The summed E-state index contributed by atoms with van der Waals surface area (Å²) in [5.74, 6) is 5.02. The molecule has 3 N–H and O–H groups in total. The summed E-state index contributed by atoms with van der Waals surface area (Å²) in [7, 11) is 0. The van der Waals surface area contributed by atoms with Crippen LogP contribution in [0.25, 0.3) is 0 Å². The van der Waals surface area contributed by atoms with Crippen LogP contribution < -0.4 is 11.3 Å². The largest absolute Gasteiger partial charge is 0.321 e. The molecule has 0 saturated heterocycles. The lowest BCUT2D eigenvalue weighted by atomic mass is 10.6. The lowest BCUT2D eigenvalue weighted by molar-refractivity contribution is 1.15. The molecule has 42 valence electrons. The van der Waals surface area contributed by atoms with Gasteiger partial charge in [0.05, 0.1) is 18.1 Å². The summed E-state index contributed by atoms with van der Waals surface area (Å²) in [6, 6.07) is 0. The first-order chi connectivity index (χ1) is 3.93. The average Bonchev–Trinajstić information content (AvgIpc) is 1.90. The fraction of sp³-hybridized carbons (Fsp3) is 0. The molecular formula is C4H6N4. The highest BCUT2D eigenvalue weighted by Crippen LogP contribution is 1.94. The molecule has 0 aliphatic heterocycles. The van der Waals surface area contributed by atoms with Crippen LogP contribution in [0.4, 0.5) is 5.69 Å². The van der Waals surface area contributed by atoms with Gasteiger partial charge in [-0.2, -0.15) is 0 Å². The van der Waals surface area contributed by atoms with E-state index in [-0.39, 0.29) is 0 Å². The molecular weight excluding hydrogens is 104 g/mol. The summed E-state index contributed by atoms with van der Waals surface area (Å²) in [5.41, 5.74) is 3.12. The van der Waals surface area contributed by atoms with Crippen molar-refractivity contribution in [3.05, 3.63) is 18.7 Å². The number of nitrogens with zero attached hydrogens (tertiary/aromatic N) is 2. The Kier molecular flexibility index (Phi) is 1.39. The third kappa shape index (κ3) is 0.913. The maximum atomic E-state index is 5.02. The Morgan fingerprint density at radius 2 is 2.00 bits per heavy atom. The molecule has 8 heavy (non-hydrogen) atoms. The van der Waals surface area contributed by atoms with E-state index in [1.54, 1.807) is 12.4 Å². The van der Waals surface area contributed by atoms with Gasteiger partial charge in [-0.1, -0.05) is 0 Å². The van der Waals surface area contributed by atoms with Crippen LogP contribution >= 0.6 is 0 Å². The third-order valence-electron chi connectivity index (χ3n) is 0.727. The van der Waals surface area contributed by atoms with Crippen LogP contribution in [0.2, 0.25) is 0 Å². The van der Waals surface area contributed by atoms with Crippen LogP contribution in [0, 0.1) is 0 Å². The van der Waals surface area contributed by atoms with E-state index in [9.17, 15) is 0 Å². The van der Waals surface area contributed by atoms with Gasteiger partial charge in [0.1, 0.15) is 6.33 Å². The average molecular weight is 110 g/mol. The van der Waals surface area contributed by atoms with Crippen molar-refractivity contribution in [3.8, 4) is 0 Å². The van der Waals surface area contributed by atoms with Crippen molar-refractivity contribution in [2.24, 2.45) is 5.84 Å². The lowest BCUT2D eigenvalue weighted by Crippen LogP contribution is -2.06. The standard InChI is InChI=1S/C4H6N4/c5-8-4-1-6-3-7-2-4/h1-3,8H,5H2. The second kappa shape index (κ2) is 2.23. The highest BCUT2D eigenvalue weighted by atomic mass is 15.2. The molecule has 0 amide bonds. The smallest absolute Gasteiger partial charge is 0.115 e. The summed E-state index contributed by atoms with van der Waals surface area (Å²) < 4.78 is 0. The molecule has 1 aromatic rings. The fourth-order valence-electron chi connectivity index (χ4n) is 0.374. The van der Waals surface area contributed by atoms with Gasteiger partial charge in [0, 0.05) is 0 Å². The second-order valence-electron chi connectivity index (χ2n) is 1.27. The molecule has 0 bridgehead atoms. The molecule has 1 heterocycles. The van der Waals surface area contributed by atoms with Crippen LogP contribution in [0.5, 0.6) is 0 Å². The third-order valence-corrected chi connectivity index (χ3v) is 0.727. The van der Waals surface area contributed by atoms with Gasteiger partial charge < -0.3 is 5.43 Å². The van der Waals surface area contributed by atoms with E-state index in [0.29, 0.717) is 5.69 Å². The zero-order chi connectivity index (χ0) is 5.82. The van der Waals surface area contributed by atoms with Gasteiger partial charge in [-0.3, -0.25) is 5.84 Å². The number of hydrogen-bond donors (Lipinski definition) is 2. The number of nitrogens with two attached hydrogens (primary N) is 1. The Morgan fingerprint density at radius 3 is 2.38 bits per heavy atom. The predicted molar refractivity (Wildman–Crippen MR) is 29.8 cm³/mol. The molecule has 0 spiro atoms. The molecule has 1 aromatic heterocycles. The van der Waals surface area contributed by atoms with Crippen molar-refractivity contribution < 1.29 is 0 Å². The van der Waals surface area contributed by atoms with Gasteiger partial charge in [0.15, 0.2) is 0 Å². The molecule has 0 saturated carbocycles. The molecule has 0 unspecified atom stereocenters. The molecule has 4 heteroatoms. The van der Waals surface area contributed by atoms with Crippen molar-refractivity contribution in [1.29, 1.82) is 0 Å². The Hall–Kier alpha value is -1.16. The SMILES string of the molecule is NNc1cncnc1. The van der Waals surface area contributed by atoms with E-state index in [2.05, 4.69) is 15.4 Å². The van der Waals surface area contributed by atoms with Crippen LogP contribution in [-0.4, -0.2) is 9.97 Å². The van der Waals surface area contributed by atoms with E-state index in [0.717, 1.165) is 0 Å². The van der Waals surface area contributed by atoms with Crippen LogP contribution in [0.3, 0.4) is 0 Å². The first-order valence-electron chi connectivity index (χ1n) is 2.15. The Morgan fingerprint density at radius 1 is 1.38 bits per heavy atom. The highest BCUT2D eigenvalue weighted by molar-refractivity contribution is 5.34. The minimum Gasteiger partial charge on any atom is -0.321 e. The van der Waals surface area contributed by atoms with Crippen molar-refractivity contribution in [2.75, 3.05) is 5.43 Å².